The molecule has 2 heterocycles. The van der Waals surface area contributed by atoms with Crippen LogP contribution in [0, 0.1) is 6.92 Å². The van der Waals surface area contributed by atoms with Crippen molar-refractivity contribution in [1.82, 2.24) is 9.88 Å². The normalized spacial score (nSPS) is 15.7. The van der Waals surface area contributed by atoms with Gasteiger partial charge in [0.2, 0.25) is 0 Å². The number of para-hydroxylation sites is 1. The molecule has 0 aliphatic carbocycles. The first-order valence-corrected chi connectivity index (χ1v) is 8.55. The molecule has 0 unspecified atom stereocenters. The maximum atomic E-state index is 5.48. The minimum absolute atomic E-state index is 0.827. The number of ether oxygens (including phenoxy) is 1. The van der Waals surface area contributed by atoms with Crippen molar-refractivity contribution in [3.05, 3.63) is 65.7 Å². The van der Waals surface area contributed by atoms with Gasteiger partial charge in [-0.3, -0.25) is 4.90 Å². The minimum atomic E-state index is 0.827. The van der Waals surface area contributed by atoms with Gasteiger partial charge >= 0.3 is 0 Å². The summed E-state index contributed by atoms with van der Waals surface area (Å²) in [7, 11) is 0. The quantitative estimate of drug-likeness (QED) is 0.729. The first kappa shape index (κ1) is 15.3. The van der Waals surface area contributed by atoms with Gasteiger partial charge in [0.05, 0.1) is 24.4 Å². The molecule has 0 saturated carbocycles. The molecule has 0 atom stereocenters. The van der Waals surface area contributed by atoms with Crippen molar-refractivity contribution in [3.63, 3.8) is 0 Å². The van der Waals surface area contributed by atoms with Crippen LogP contribution in [0.1, 0.15) is 11.1 Å². The van der Waals surface area contributed by atoms with E-state index in [1.807, 2.05) is 0 Å². The first-order valence-electron chi connectivity index (χ1n) is 8.55. The number of aryl methyl sites for hydroxylation is 1. The molecule has 0 radical (unpaired) electrons. The number of aromatic nitrogens is 1. The van der Waals surface area contributed by atoms with Crippen molar-refractivity contribution in [2.24, 2.45) is 0 Å². The lowest BCUT2D eigenvalue weighted by atomic mass is 10.0. The van der Waals surface area contributed by atoms with Crippen LogP contribution in [-0.4, -0.2) is 36.2 Å². The third kappa shape index (κ3) is 3.18. The van der Waals surface area contributed by atoms with Crippen LogP contribution in [0.15, 0.2) is 54.6 Å². The number of benzene rings is 2. The third-order valence-electron chi connectivity index (χ3n) is 4.61. The summed E-state index contributed by atoms with van der Waals surface area (Å²) in [5, 5.41) is 1.25. The summed E-state index contributed by atoms with van der Waals surface area (Å²) in [5.74, 6) is 0. The van der Waals surface area contributed by atoms with Crippen molar-refractivity contribution < 1.29 is 4.74 Å². The maximum absolute atomic E-state index is 5.48. The average molecular weight is 318 g/mol. The molecule has 3 nitrogen and oxygen atoms in total. The van der Waals surface area contributed by atoms with E-state index in [1.54, 1.807) is 0 Å². The SMILES string of the molecule is Cc1cccc(-c2cc(CN3CCOCC3)c3ccccc3n2)c1. The van der Waals surface area contributed by atoms with Crippen LogP contribution < -0.4 is 0 Å². The summed E-state index contributed by atoms with van der Waals surface area (Å²) < 4.78 is 5.48. The van der Waals surface area contributed by atoms with Crippen molar-refractivity contribution in [2.75, 3.05) is 26.3 Å². The highest BCUT2D eigenvalue weighted by Gasteiger charge is 2.14. The lowest BCUT2D eigenvalue weighted by Gasteiger charge is -2.27. The Morgan fingerprint density at radius 2 is 1.83 bits per heavy atom. The molecule has 1 saturated heterocycles. The van der Waals surface area contributed by atoms with Crippen LogP contribution in [0.2, 0.25) is 0 Å². The molecule has 1 fully saturated rings. The fraction of sp³-hybridized carbons (Fsp3) is 0.286. The van der Waals surface area contributed by atoms with Crippen molar-refractivity contribution >= 4 is 10.9 Å². The summed E-state index contributed by atoms with van der Waals surface area (Å²) in [6, 6.07) is 19.3. The zero-order valence-corrected chi connectivity index (χ0v) is 14.0. The maximum Gasteiger partial charge on any atom is 0.0713 e. The molecule has 0 spiro atoms. The second-order valence-electron chi connectivity index (χ2n) is 6.44. The van der Waals surface area contributed by atoms with Gasteiger partial charge in [0.15, 0.2) is 0 Å². The molecule has 3 heteroatoms. The number of fused-ring (bicyclic) bond motifs is 1. The third-order valence-corrected chi connectivity index (χ3v) is 4.61. The van der Waals surface area contributed by atoms with Crippen LogP contribution in [0.4, 0.5) is 0 Å². The van der Waals surface area contributed by atoms with E-state index >= 15 is 0 Å². The first-order chi connectivity index (χ1) is 11.8. The van der Waals surface area contributed by atoms with E-state index in [4.69, 9.17) is 9.72 Å². The van der Waals surface area contributed by atoms with Crippen LogP contribution in [0.3, 0.4) is 0 Å². The predicted molar refractivity (Wildman–Crippen MR) is 98.0 cm³/mol. The van der Waals surface area contributed by atoms with Gasteiger partial charge in [-0.05, 0) is 30.7 Å². The largest absolute Gasteiger partial charge is 0.379 e. The highest BCUT2D eigenvalue weighted by molar-refractivity contribution is 5.85. The Bertz CT molecular complexity index is 853. The van der Waals surface area contributed by atoms with Crippen molar-refractivity contribution in [3.8, 4) is 11.3 Å². The van der Waals surface area contributed by atoms with E-state index in [0.29, 0.717) is 0 Å². The second-order valence-corrected chi connectivity index (χ2v) is 6.44. The average Bonchev–Trinajstić information content (AvgIpc) is 2.62. The number of hydrogen-bond acceptors (Lipinski definition) is 3. The molecule has 122 valence electrons. The number of rotatable bonds is 3. The number of pyridine rings is 1. The number of morpholine rings is 1. The highest BCUT2D eigenvalue weighted by atomic mass is 16.5. The molecular formula is C21H22N2O. The van der Waals surface area contributed by atoms with Gasteiger partial charge in [-0.15, -0.1) is 0 Å². The van der Waals surface area contributed by atoms with Gasteiger partial charge < -0.3 is 4.74 Å². The number of nitrogens with zero attached hydrogens (tertiary/aromatic N) is 2. The molecule has 0 amide bonds. The second kappa shape index (κ2) is 6.71. The van der Waals surface area contributed by atoms with Crippen LogP contribution in [-0.2, 0) is 11.3 Å². The zero-order valence-electron chi connectivity index (χ0n) is 14.0. The lowest BCUT2D eigenvalue weighted by Crippen LogP contribution is -2.35. The van der Waals surface area contributed by atoms with Crippen LogP contribution >= 0.6 is 0 Å². The Labute approximate surface area is 142 Å². The molecule has 3 aromatic rings. The summed E-state index contributed by atoms with van der Waals surface area (Å²) in [6.07, 6.45) is 0. The Morgan fingerprint density at radius 3 is 2.67 bits per heavy atom. The van der Waals surface area contributed by atoms with Gasteiger partial charge in [0, 0.05) is 30.6 Å². The fourth-order valence-corrected chi connectivity index (χ4v) is 3.33. The smallest absolute Gasteiger partial charge is 0.0713 e. The fourth-order valence-electron chi connectivity index (χ4n) is 3.33. The highest BCUT2D eigenvalue weighted by Crippen LogP contribution is 2.26. The zero-order chi connectivity index (χ0) is 16.4. The molecular weight excluding hydrogens is 296 g/mol. The Morgan fingerprint density at radius 1 is 1.00 bits per heavy atom. The van der Waals surface area contributed by atoms with E-state index in [1.165, 1.54) is 22.1 Å². The monoisotopic (exact) mass is 318 g/mol. The molecule has 0 N–H and O–H groups in total. The number of hydrogen-bond donors (Lipinski definition) is 0. The van der Waals surface area contributed by atoms with Crippen molar-refractivity contribution in [1.29, 1.82) is 0 Å². The molecule has 4 rings (SSSR count). The van der Waals surface area contributed by atoms with Gasteiger partial charge in [0.1, 0.15) is 0 Å². The van der Waals surface area contributed by atoms with Crippen LogP contribution in [0.25, 0.3) is 22.2 Å². The standard InChI is InChI=1S/C21H22N2O/c1-16-5-4-6-17(13-16)21-14-18(15-23-9-11-24-12-10-23)19-7-2-3-8-20(19)22-21/h2-8,13-14H,9-12,15H2,1H3. The van der Waals surface area contributed by atoms with E-state index in [2.05, 4.69) is 66.4 Å². The molecule has 1 aromatic heterocycles. The molecule has 1 aliphatic heterocycles. The van der Waals surface area contributed by atoms with Gasteiger partial charge in [-0.25, -0.2) is 4.98 Å². The van der Waals surface area contributed by atoms with Gasteiger partial charge in [0.25, 0.3) is 0 Å². The van der Waals surface area contributed by atoms with E-state index < -0.39 is 0 Å². The van der Waals surface area contributed by atoms with Gasteiger partial charge in [-0.1, -0.05) is 42.0 Å². The summed E-state index contributed by atoms with van der Waals surface area (Å²) in [6.45, 7) is 6.72. The minimum Gasteiger partial charge on any atom is -0.379 e. The van der Waals surface area contributed by atoms with E-state index in [9.17, 15) is 0 Å². The topological polar surface area (TPSA) is 25.4 Å². The lowest BCUT2D eigenvalue weighted by molar-refractivity contribution is 0.0344. The summed E-state index contributed by atoms with van der Waals surface area (Å²) in [5.41, 5.74) is 5.92. The van der Waals surface area contributed by atoms with E-state index in [0.717, 1.165) is 44.1 Å². The van der Waals surface area contributed by atoms with Gasteiger partial charge in [-0.2, -0.15) is 0 Å². The Kier molecular flexibility index (Phi) is 4.28. The predicted octanol–water partition coefficient (Wildman–Crippen LogP) is 4.04. The van der Waals surface area contributed by atoms with E-state index in [-0.39, 0.29) is 0 Å². The molecule has 24 heavy (non-hydrogen) atoms. The Balaban J connectivity index is 1.78. The Hall–Kier alpha value is -2.23. The molecule has 0 bridgehead atoms. The summed E-state index contributed by atoms with van der Waals surface area (Å²) >= 11 is 0. The molecule has 1 aliphatic rings. The van der Waals surface area contributed by atoms with Crippen LogP contribution in [0.5, 0.6) is 0 Å². The molecule has 2 aromatic carbocycles. The summed E-state index contributed by atoms with van der Waals surface area (Å²) in [4.78, 5) is 7.36. The van der Waals surface area contributed by atoms with Crippen molar-refractivity contribution in [2.45, 2.75) is 13.5 Å².